The largest absolute Gasteiger partial charge is 0.385 e. The van der Waals surface area contributed by atoms with Gasteiger partial charge in [-0.25, -0.2) is 0 Å². The summed E-state index contributed by atoms with van der Waals surface area (Å²) >= 11 is 0. The van der Waals surface area contributed by atoms with E-state index in [9.17, 15) is 5.11 Å². The molecule has 1 aliphatic heterocycles. The molecule has 0 saturated carbocycles. The number of aliphatic hydroxyl groups is 1. The van der Waals surface area contributed by atoms with E-state index in [2.05, 4.69) is 7.05 Å². The van der Waals surface area contributed by atoms with E-state index in [1.807, 2.05) is 13.8 Å². The molecule has 0 aromatic heterocycles. The summed E-state index contributed by atoms with van der Waals surface area (Å²) in [5, 5.41) is 9.76. The normalized spacial score (nSPS) is 29.4. The zero-order chi connectivity index (χ0) is 11.3. The first-order chi connectivity index (χ1) is 7.08. The van der Waals surface area contributed by atoms with E-state index in [4.69, 9.17) is 4.74 Å². The summed E-state index contributed by atoms with van der Waals surface area (Å²) in [5.74, 6) is 0. The molecular weight excluding hydrogens is 192 g/mol. The van der Waals surface area contributed by atoms with E-state index in [-0.39, 0.29) is 12.2 Å². The van der Waals surface area contributed by atoms with Gasteiger partial charge < -0.3 is 19.6 Å². The first-order valence-corrected chi connectivity index (χ1v) is 6.02. The Morgan fingerprint density at radius 1 is 1.20 bits per heavy atom. The Bertz CT molecular complexity index is 168. The highest BCUT2D eigenvalue weighted by Crippen LogP contribution is 1.89. The van der Waals surface area contributed by atoms with Gasteiger partial charge in [0.1, 0.15) is 38.8 Å². The minimum absolute atomic E-state index is 0.214. The molecule has 0 spiro atoms. The molecule has 1 aliphatic rings. The second-order valence-electron chi connectivity index (χ2n) is 4.95. The van der Waals surface area contributed by atoms with Gasteiger partial charge in [-0.15, -0.1) is 0 Å². The molecule has 0 aromatic rings. The van der Waals surface area contributed by atoms with Gasteiger partial charge in [0.25, 0.3) is 0 Å². The Morgan fingerprint density at radius 2 is 1.80 bits per heavy atom. The monoisotopic (exact) mass is 218 g/mol. The van der Waals surface area contributed by atoms with Gasteiger partial charge in [-0.2, -0.15) is 0 Å². The first-order valence-electron chi connectivity index (χ1n) is 6.02. The van der Waals surface area contributed by atoms with Crippen LogP contribution in [0.25, 0.3) is 0 Å². The van der Waals surface area contributed by atoms with Crippen molar-refractivity contribution in [2.24, 2.45) is 0 Å². The van der Waals surface area contributed by atoms with Crippen molar-refractivity contribution in [2.45, 2.75) is 26.1 Å². The van der Waals surface area contributed by atoms with Crippen LogP contribution in [-0.4, -0.2) is 63.7 Å². The van der Waals surface area contributed by atoms with Crippen molar-refractivity contribution in [3.63, 3.8) is 0 Å². The Balaban J connectivity index is 2.12. The molecule has 4 nitrogen and oxygen atoms in total. The molecular formula is C11H26N2O2+2. The van der Waals surface area contributed by atoms with Crippen LogP contribution in [0.4, 0.5) is 0 Å². The lowest BCUT2D eigenvalue weighted by Gasteiger charge is -2.28. The van der Waals surface area contributed by atoms with Crippen molar-refractivity contribution >= 4 is 0 Å². The zero-order valence-corrected chi connectivity index (χ0v) is 10.3. The lowest BCUT2D eigenvalue weighted by Crippen LogP contribution is -3.27. The van der Waals surface area contributed by atoms with E-state index in [0.29, 0.717) is 6.61 Å². The summed E-state index contributed by atoms with van der Waals surface area (Å²) in [7, 11) is 2.23. The molecule has 1 atom stereocenters. The van der Waals surface area contributed by atoms with Gasteiger partial charge >= 0.3 is 0 Å². The summed E-state index contributed by atoms with van der Waals surface area (Å²) in [4.78, 5) is 3.12. The Labute approximate surface area is 92.8 Å². The smallest absolute Gasteiger partial charge is 0.127 e. The molecule has 1 saturated heterocycles. The van der Waals surface area contributed by atoms with Crippen molar-refractivity contribution < 1.29 is 19.6 Å². The van der Waals surface area contributed by atoms with Crippen LogP contribution in [-0.2, 0) is 4.74 Å². The standard InChI is InChI=1S/C11H24N2O2/c1-10(2)15-9-11(14)8-13-6-4-12(3)5-7-13/h10-11,14H,4-9H2,1-3H3/p+2/t11-/m0/s1. The Morgan fingerprint density at radius 3 is 2.33 bits per heavy atom. The maximum Gasteiger partial charge on any atom is 0.127 e. The van der Waals surface area contributed by atoms with Crippen LogP contribution in [0.2, 0.25) is 0 Å². The lowest BCUT2D eigenvalue weighted by atomic mass is 10.3. The fourth-order valence-corrected chi connectivity index (χ4v) is 1.93. The molecule has 0 aromatic carbocycles. The van der Waals surface area contributed by atoms with Gasteiger partial charge in [-0.3, -0.25) is 0 Å². The highest BCUT2D eigenvalue weighted by atomic mass is 16.5. The molecule has 0 unspecified atom stereocenters. The molecule has 4 heteroatoms. The second kappa shape index (κ2) is 6.43. The van der Waals surface area contributed by atoms with Crippen molar-refractivity contribution in [1.29, 1.82) is 0 Å². The molecule has 0 amide bonds. The summed E-state index contributed by atoms with van der Waals surface area (Å²) in [6.07, 6.45) is -0.0904. The molecule has 0 radical (unpaired) electrons. The van der Waals surface area contributed by atoms with Crippen LogP contribution in [0.1, 0.15) is 13.8 Å². The zero-order valence-electron chi connectivity index (χ0n) is 10.3. The molecule has 1 rings (SSSR count). The van der Waals surface area contributed by atoms with E-state index in [0.717, 1.165) is 6.54 Å². The summed E-state index contributed by atoms with van der Waals surface area (Å²) in [6, 6.07) is 0. The van der Waals surface area contributed by atoms with Crippen molar-refractivity contribution in [3.05, 3.63) is 0 Å². The summed E-state index contributed by atoms with van der Waals surface area (Å²) in [5.41, 5.74) is 0. The third-order valence-corrected chi connectivity index (χ3v) is 2.96. The predicted molar refractivity (Wildman–Crippen MR) is 59.3 cm³/mol. The van der Waals surface area contributed by atoms with Gasteiger partial charge in [0, 0.05) is 0 Å². The molecule has 90 valence electrons. The van der Waals surface area contributed by atoms with Gasteiger partial charge in [0.15, 0.2) is 0 Å². The number of quaternary nitrogens is 2. The number of aliphatic hydroxyl groups excluding tert-OH is 1. The highest BCUT2D eigenvalue weighted by molar-refractivity contribution is 4.52. The Kier molecular flexibility index (Phi) is 5.53. The SMILES string of the molecule is CC(C)OC[C@@H](O)C[NH+]1CC[NH+](C)CC1. The number of nitrogens with one attached hydrogen (secondary N) is 2. The first kappa shape index (κ1) is 12.9. The minimum Gasteiger partial charge on any atom is -0.385 e. The average molecular weight is 218 g/mol. The predicted octanol–water partition coefficient (Wildman–Crippen LogP) is -2.81. The number of ether oxygens (including phenoxy) is 1. The van der Waals surface area contributed by atoms with E-state index < -0.39 is 0 Å². The third-order valence-electron chi connectivity index (χ3n) is 2.96. The molecule has 1 heterocycles. The summed E-state index contributed by atoms with van der Waals surface area (Å²) < 4.78 is 5.40. The van der Waals surface area contributed by atoms with Crippen LogP contribution in [0.3, 0.4) is 0 Å². The third kappa shape index (κ3) is 5.47. The quantitative estimate of drug-likeness (QED) is 0.466. The van der Waals surface area contributed by atoms with Gasteiger partial charge in [0.05, 0.1) is 19.8 Å². The van der Waals surface area contributed by atoms with E-state index in [1.54, 1.807) is 4.90 Å². The lowest BCUT2D eigenvalue weighted by molar-refractivity contribution is -1.00. The van der Waals surface area contributed by atoms with Crippen LogP contribution in [0.5, 0.6) is 0 Å². The Hall–Kier alpha value is -0.160. The van der Waals surface area contributed by atoms with Crippen LogP contribution < -0.4 is 9.80 Å². The van der Waals surface area contributed by atoms with Crippen LogP contribution in [0.15, 0.2) is 0 Å². The van der Waals surface area contributed by atoms with E-state index >= 15 is 0 Å². The molecule has 0 bridgehead atoms. The molecule has 15 heavy (non-hydrogen) atoms. The number of hydrogen-bond donors (Lipinski definition) is 3. The minimum atomic E-state index is -0.305. The van der Waals surface area contributed by atoms with Crippen LogP contribution >= 0.6 is 0 Å². The van der Waals surface area contributed by atoms with Crippen molar-refractivity contribution in [3.8, 4) is 0 Å². The van der Waals surface area contributed by atoms with Gasteiger partial charge in [-0.1, -0.05) is 0 Å². The van der Waals surface area contributed by atoms with Crippen molar-refractivity contribution in [1.82, 2.24) is 0 Å². The van der Waals surface area contributed by atoms with E-state index in [1.165, 1.54) is 31.1 Å². The fourth-order valence-electron chi connectivity index (χ4n) is 1.93. The van der Waals surface area contributed by atoms with Gasteiger partial charge in [-0.05, 0) is 13.8 Å². The maximum absolute atomic E-state index is 9.76. The maximum atomic E-state index is 9.76. The summed E-state index contributed by atoms with van der Waals surface area (Å²) in [6.45, 7) is 10.1. The topological polar surface area (TPSA) is 38.3 Å². The highest BCUT2D eigenvalue weighted by Gasteiger charge is 2.22. The second-order valence-corrected chi connectivity index (χ2v) is 4.95. The number of hydrogen-bond acceptors (Lipinski definition) is 2. The molecule has 0 aliphatic carbocycles. The number of rotatable bonds is 5. The van der Waals surface area contributed by atoms with Gasteiger partial charge in [0.2, 0.25) is 0 Å². The molecule has 3 N–H and O–H groups in total. The fraction of sp³-hybridized carbons (Fsp3) is 1.00. The molecule has 1 fully saturated rings. The number of likely N-dealkylation sites (N-methyl/N-ethyl adjacent to an activating group) is 1. The van der Waals surface area contributed by atoms with Crippen molar-refractivity contribution in [2.75, 3.05) is 46.4 Å². The average Bonchev–Trinajstić information content (AvgIpc) is 2.19. The van der Waals surface area contributed by atoms with Crippen LogP contribution in [0, 0.1) is 0 Å². The number of piperazine rings is 1.